The number of hydrogen-bond donors (Lipinski definition) is 1. The molecule has 0 aromatic carbocycles. The highest BCUT2D eigenvalue weighted by atomic mass is 16.6. The van der Waals surface area contributed by atoms with Crippen LogP contribution in [0, 0.1) is 0 Å². The first-order valence-corrected chi connectivity index (χ1v) is 6.31. The molecule has 1 fully saturated rings. The van der Waals surface area contributed by atoms with Gasteiger partial charge in [0.05, 0.1) is 19.8 Å². The molecule has 6 nitrogen and oxygen atoms in total. The van der Waals surface area contributed by atoms with E-state index in [1.54, 1.807) is 0 Å². The molecule has 1 aliphatic heterocycles. The summed E-state index contributed by atoms with van der Waals surface area (Å²) >= 11 is 0. The third-order valence-corrected chi connectivity index (χ3v) is 3.04. The summed E-state index contributed by atoms with van der Waals surface area (Å²) in [6, 6.07) is -0.257. The van der Waals surface area contributed by atoms with E-state index in [0.717, 1.165) is 6.42 Å². The van der Waals surface area contributed by atoms with Crippen molar-refractivity contribution in [1.29, 1.82) is 0 Å². The fourth-order valence-electron chi connectivity index (χ4n) is 1.86. The molecule has 0 bridgehead atoms. The molecule has 0 radical (unpaired) electrons. The van der Waals surface area contributed by atoms with Crippen LogP contribution in [-0.2, 0) is 19.1 Å². The molecule has 104 valence electrons. The SMILES string of the molecule is CCCNC(=O)C(C)N1CCOC(C(=O)OC)C1. The molecule has 1 heterocycles. The van der Waals surface area contributed by atoms with E-state index in [9.17, 15) is 9.59 Å². The normalized spacial score (nSPS) is 22.3. The number of morpholine rings is 1. The first kappa shape index (κ1) is 14.9. The number of rotatable bonds is 5. The molecule has 1 aliphatic rings. The summed E-state index contributed by atoms with van der Waals surface area (Å²) in [5, 5.41) is 2.85. The van der Waals surface area contributed by atoms with Gasteiger partial charge in [0.25, 0.3) is 0 Å². The van der Waals surface area contributed by atoms with Gasteiger partial charge in [-0.3, -0.25) is 9.69 Å². The van der Waals surface area contributed by atoms with Crippen LogP contribution in [0.5, 0.6) is 0 Å². The second-order valence-electron chi connectivity index (χ2n) is 4.34. The second kappa shape index (κ2) is 7.33. The van der Waals surface area contributed by atoms with Crippen LogP contribution in [0.2, 0.25) is 0 Å². The number of esters is 1. The van der Waals surface area contributed by atoms with Crippen LogP contribution in [0.1, 0.15) is 20.3 Å². The summed E-state index contributed by atoms with van der Waals surface area (Å²) in [4.78, 5) is 25.2. The number of hydrogen-bond acceptors (Lipinski definition) is 5. The van der Waals surface area contributed by atoms with Crippen molar-refractivity contribution in [3.8, 4) is 0 Å². The van der Waals surface area contributed by atoms with Gasteiger partial charge in [-0.25, -0.2) is 4.79 Å². The number of amides is 1. The number of nitrogens with zero attached hydrogens (tertiary/aromatic N) is 1. The van der Waals surface area contributed by atoms with E-state index in [-0.39, 0.29) is 17.9 Å². The second-order valence-corrected chi connectivity index (χ2v) is 4.34. The average Bonchev–Trinajstić information content (AvgIpc) is 2.43. The highest BCUT2D eigenvalue weighted by Gasteiger charge is 2.31. The minimum absolute atomic E-state index is 0.0117. The molecule has 1 N–H and O–H groups in total. The Kier molecular flexibility index (Phi) is 6.07. The first-order valence-electron chi connectivity index (χ1n) is 6.31. The number of carbonyl (C=O) groups excluding carboxylic acids is 2. The van der Waals surface area contributed by atoms with Crippen molar-refractivity contribution in [3.63, 3.8) is 0 Å². The predicted molar refractivity (Wildman–Crippen MR) is 66.1 cm³/mol. The van der Waals surface area contributed by atoms with Gasteiger partial charge in [-0.2, -0.15) is 0 Å². The predicted octanol–water partition coefficient (Wildman–Crippen LogP) is -0.225. The van der Waals surface area contributed by atoms with Crippen molar-refractivity contribution < 1.29 is 19.1 Å². The maximum Gasteiger partial charge on any atom is 0.336 e. The molecule has 0 aliphatic carbocycles. The highest BCUT2D eigenvalue weighted by Crippen LogP contribution is 2.10. The standard InChI is InChI=1S/C12H22N2O4/c1-4-5-13-11(15)9(2)14-6-7-18-10(8-14)12(16)17-3/h9-10H,4-8H2,1-3H3,(H,13,15). The van der Waals surface area contributed by atoms with Crippen LogP contribution in [0.15, 0.2) is 0 Å². The van der Waals surface area contributed by atoms with E-state index in [4.69, 9.17) is 4.74 Å². The van der Waals surface area contributed by atoms with Gasteiger partial charge in [-0.15, -0.1) is 0 Å². The Bertz CT molecular complexity index is 296. The smallest absolute Gasteiger partial charge is 0.336 e. The van der Waals surface area contributed by atoms with E-state index in [1.165, 1.54) is 7.11 Å². The summed E-state index contributed by atoms with van der Waals surface area (Å²) in [5.41, 5.74) is 0. The number of ether oxygens (including phenoxy) is 2. The molecule has 0 saturated carbocycles. The zero-order chi connectivity index (χ0) is 13.5. The number of nitrogens with one attached hydrogen (secondary N) is 1. The Morgan fingerprint density at radius 1 is 1.56 bits per heavy atom. The van der Waals surface area contributed by atoms with Crippen LogP contribution in [0.4, 0.5) is 0 Å². The lowest BCUT2D eigenvalue weighted by molar-refractivity contribution is -0.161. The monoisotopic (exact) mass is 258 g/mol. The third-order valence-electron chi connectivity index (χ3n) is 3.04. The van der Waals surface area contributed by atoms with E-state index in [1.807, 2.05) is 18.7 Å². The fourth-order valence-corrected chi connectivity index (χ4v) is 1.86. The van der Waals surface area contributed by atoms with Gasteiger partial charge in [0.1, 0.15) is 0 Å². The van der Waals surface area contributed by atoms with E-state index in [0.29, 0.717) is 26.2 Å². The van der Waals surface area contributed by atoms with Gasteiger partial charge in [0.15, 0.2) is 6.10 Å². The minimum atomic E-state index is -0.592. The number of methoxy groups -OCH3 is 1. The molecule has 1 rings (SSSR count). The topological polar surface area (TPSA) is 67.9 Å². The van der Waals surface area contributed by atoms with Gasteiger partial charge in [-0.1, -0.05) is 6.92 Å². The van der Waals surface area contributed by atoms with Crippen LogP contribution >= 0.6 is 0 Å². The average molecular weight is 258 g/mol. The maximum absolute atomic E-state index is 11.8. The molecular formula is C12H22N2O4. The van der Waals surface area contributed by atoms with Crippen molar-refractivity contribution in [2.75, 3.05) is 33.4 Å². The van der Waals surface area contributed by atoms with Crippen LogP contribution in [-0.4, -0.2) is 62.3 Å². The third kappa shape index (κ3) is 3.96. The molecule has 2 unspecified atom stereocenters. The Morgan fingerprint density at radius 2 is 2.28 bits per heavy atom. The maximum atomic E-state index is 11.8. The van der Waals surface area contributed by atoms with Crippen molar-refractivity contribution in [2.24, 2.45) is 0 Å². The molecule has 6 heteroatoms. The zero-order valence-electron chi connectivity index (χ0n) is 11.3. The van der Waals surface area contributed by atoms with Gasteiger partial charge < -0.3 is 14.8 Å². The largest absolute Gasteiger partial charge is 0.467 e. The molecule has 1 amide bonds. The molecule has 0 aromatic rings. The summed E-state index contributed by atoms with van der Waals surface area (Å²) < 4.78 is 9.98. The van der Waals surface area contributed by atoms with Gasteiger partial charge >= 0.3 is 5.97 Å². The van der Waals surface area contributed by atoms with Crippen LogP contribution < -0.4 is 5.32 Å². The Labute approximate surface area is 108 Å². The summed E-state index contributed by atoms with van der Waals surface area (Å²) in [7, 11) is 1.34. The van der Waals surface area contributed by atoms with Crippen LogP contribution in [0.3, 0.4) is 0 Å². The van der Waals surface area contributed by atoms with Crippen molar-refractivity contribution in [2.45, 2.75) is 32.4 Å². The lowest BCUT2D eigenvalue weighted by atomic mass is 10.2. The van der Waals surface area contributed by atoms with E-state index in [2.05, 4.69) is 10.1 Å². The molecule has 0 aromatic heterocycles. The molecule has 18 heavy (non-hydrogen) atoms. The zero-order valence-corrected chi connectivity index (χ0v) is 11.3. The molecule has 0 spiro atoms. The Morgan fingerprint density at radius 3 is 2.89 bits per heavy atom. The van der Waals surface area contributed by atoms with Crippen molar-refractivity contribution in [3.05, 3.63) is 0 Å². The highest BCUT2D eigenvalue weighted by molar-refractivity contribution is 5.81. The molecule has 2 atom stereocenters. The summed E-state index contributed by atoms with van der Waals surface area (Å²) in [6.07, 6.45) is 0.317. The van der Waals surface area contributed by atoms with Gasteiger partial charge in [0.2, 0.25) is 5.91 Å². The Balaban J connectivity index is 2.49. The minimum Gasteiger partial charge on any atom is -0.467 e. The van der Waals surface area contributed by atoms with E-state index >= 15 is 0 Å². The first-order chi connectivity index (χ1) is 8.60. The van der Waals surface area contributed by atoms with Crippen molar-refractivity contribution in [1.82, 2.24) is 10.2 Å². The fraction of sp³-hybridized carbons (Fsp3) is 0.833. The van der Waals surface area contributed by atoms with E-state index < -0.39 is 6.10 Å². The molecular weight excluding hydrogens is 236 g/mol. The molecule has 1 saturated heterocycles. The summed E-state index contributed by atoms with van der Waals surface area (Å²) in [5.74, 6) is -0.400. The lowest BCUT2D eigenvalue weighted by Gasteiger charge is -2.34. The van der Waals surface area contributed by atoms with Crippen LogP contribution in [0.25, 0.3) is 0 Å². The number of carbonyl (C=O) groups is 2. The lowest BCUT2D eigenvalue weighted by Crippen LogP contribution is -2.54. The Hall–Kier alpha value is -1.14. The van der Waals surface area contributed by atoms with Gasteiger partial charge in [0, 0.05) is 19.6 Å². The van der Waals surface area contributed by atoms with Gasteiger partial charge in [-0.05, 0) is 13.3 Å². The van der Waals surface area contributed by atoms with Crippen molar-refractivity contribution >= 4 is 11.9 Å². The summed E-state index contributed by atoms with van der Waals surface area (Å²) in [6.45, 7) is 6.00. The quantitative estimate of drug-likeness (QED) is 0.690.